The van der Waals surface area contributed by atoms with E-state index in [4.69, 9.17) is 4.74 Å². The van der Waals surface area contributed by atoms with E-state index in [0.717, 1.165) is 22.3 Å². The molecule has 0 amide bonds. The van der Waals surface area contributed by atoms with Crippen LogP contribution in [0.3, 0.4) is 0 Å². The van der Waals surface area contributed by atoms with Crippen molar-refractivity contribution < 1.29 is 4.74 Å². The Labute approximate surface area is 156 Å². The lowest BCUT2D eigenvalue weighted by Gasteiger charge is -2.23. The predicted molar refractivity (Wildman–Crippen MR) is 109 cm³/mol. The zero-order chi connectivity index (χ0) is 18.6. The Kier molecular flexibility index (Phi) is 5.25. The summed E-state index contributed by atoms with van der Waals surface area (Å²) in [6, 6.07) is 20.6. The molecule has 0 radical (unpaired) electrons. The van der Waals surface area contributed by atoms with Gasteiger partial charge in [0.2, 0.25) is 5.90 Å². The van der Waals surface area contributed by atoms with Crippen LogP contribution in [0.4, 0.5) is 0 Å². The van der Waals surface area contributed by atoms with Crippen LogP contribution < -0.4 is 0 Å². The lowest BCUT2D eigenvalue weighted by atomic mass is 9.88. The molecule has 0 spiro atoms. The van der Waals surface area contributed by atoms with Crippen LogP contribution in [-0.4, -0.2) is 11.5 Å². The molecule has 2 heteroatoms. The summed E-state index contributed by atoms with van der Waals surface area (Å²) in [4.78, 5) is 4.66. The SMILES string of the molecule is CC(C)=C=C(C1=CC(=NCc2ccccc2)OC1(C)C)c1ccccc1. The van der Waals surface area contributed by atoms with Crippen LogP contribution >= 0.6 is 0 Å². The summed E-state index contributed by atoms with van der Waals surface area (Å²) in [7, 11) is 0. The van der Waals surface area contributed by atoms with E-state index in [9.17, 15) is 0 Å². The summed E-state index contributed by atoms with van der Waals surface area (Å²) in [5, 5.41) is 0. The Hall–Kier alpha value is -2.83. The average molecular weight is 343 g/mol. The molecule has 1 aliphatic heterocycles. The Bertz CT molecular complexity index is 892. The number of aliphatic imine (C=N–C) groups is 1. The number of rotatable bonds is 4. The van der Waals surface area contributed by atoms with Crippen LogP contribution in [0.15, 0.2) is 88.6 Å². The highest BCUT2D eigenvalue weighted by Crippen LogP contribution is 2.37. The van der Waals surface area contributed by atoms with Gasteiger partial charge in [-0.2, -0.15) is 0 Å². The van der Waals surface area contributed by atoms with Crippen LogP contribution in [0.5, 0.6) is 0 Å². The van der Waals surface area contributed by atoms with Crippen molar-refractivity contribution in [3.63, 3.8) is 0 Å². The third kappa shape index (κ3) is 4.22. The molecular weight excluding hydrogens is 318 g/mol. The largest absolute Gasteiger partial charge is 0.467 e. The maximum Gasteiger partial charge on any atom is 0.210 e. The molecule has 0 saturated carbocycles. The van der Waals surface area contributed by atoms with Crippen molar-refractivity contribution >= 4 is 11.5 Å². The van der Waals surface area contributed by atoms with Crippen molar-refractivity contribution in [1.82, 2.24) is 0 Å². The lowest BCUT2D eigenvalue weighted by molar-refractivity contribution is 0.154. The molecule has 1 heterocycles. The van der Waals surface area contributed by atoms with Crippen molar-refractivity contribution in [1.29, 1.82) is 0 Å². The third-order valence-corrected chi connectivity index (χ3v) is 4.24. The van der Waals surface area contributed by atoms with E-state index in [1.807, 2.05) is 24.3 Å². The van der Waals surface area contributed by atoms with Gasteiger partial charge in [0.25, 0.3) is 0 Å². The van der Waals surface area contributed by atoms with E-state index < -0.39 is 5.60 Å². The van der Waals surface area contributed by atoms with Gasteiger partial charge in [-0.1, -0.05) is 60.7 Å². The normalized spacial score (nSPS) is 16.6. The van der Waals surface area contributed by atoms with E-state index in [-0.39, 0.29) is 0 Å². The summed E-state index contributed by atoms with van der Waals surface area (Å²) in [5.74, 6) is 0.679. The van der Waals surface area contributed by atoms with Crippen molar-refractivity contribution in [2.24, 2.45) is 4.99 Å². The minimum Gasteiger partial charge on any atom is -0.467 e. The second-order valence-electron chi connectivity index (χ2n) is 7.18. The van der Waals surface area contributed by atoms with Crippen molar-refractivity contribution in [2.45, 2.75) is 39.8 Å². The standard InChI is InChI=1S/C24H25NO/c1-18(2)15-21(20-13-9-6-10-14-20)22-16-23(26-24(22,3)4)25-17-19-11-7-5-8-12-19/h5-14,16H,17H2,1-4H3. The van der Waals surface area contributed by atoms with Gasteiger partial charge in [-0.05, 0) is 44.4 Å². The molecule has 0 bridgehead atoms. The Morgan fingerprint density at radius 2 is 1.58 bits per heavy atom. The molecule has 0 aliphatic carbocycles. The highest BCUT2D eigenvalue weighted by atomic mass is 16.5. The highest BCUT2D eigenvalue weighted by molar-refractivity contribution is 5.98. The van der Waals surface area contributed by atoms with E-state index >= 15 is 0 Å². The van der Waals surface area contributed by atoms with E-state index in [2.05, 4.69) is 80.9 Å². The monoisotopic (exact) mass is 343 g/mol. The molecule has 0 N–H and O–H groups in total. The fourth-order valence-corrected chi connectivity index (χ4v) is 3.00. The third-order valence-electron chi connectivity index (χ3n) is 4.24. The second kappa shape index (κ2) is 7.59. The maximum absolute atomic E-state index is 6.15. The smallest absolute Gasteiger partial charge is 0.210 e. The van der Waals surface area contributed by atoms with Crippen molar-refractivity contribution in [3.8, 4) is 0 Å². The molecule has 0 aromatic heterocycles. The second-order valence-corrected chi connectivity index (χ2v) is 7.18. The van der Waals surface area contributed by atoms with Gasteiger partial charge >= 0.3 is 0 Å². The summed E-state index contributed by atoms with van der Waals surface area (Å²) in [5.41, 5.74) is 8.70. The number of hydrogen-bond acceptors (Lipinski definition) is 2. The van der Waals surface area contributed by atoms with Crippen LogP contribution in [0.1, 0.15) is 38.8 Å². The first kappa shape index (κ1) is 18.0. The minimum absolute atomic E-state index is 0.441. The molecule has 2 nitrogen and oxygen atoms in total. The fraction of sp³-hybridized carbons (Fsp3) is 0.250. The van der Waals surface area contributed by atoms with Crippen LogP contribution in [0, 0.1) is 0 Å². The molecule has 1 aliphatic rings. The molecule has 26 heavy (non-hydrogen) atoms. The van der Waals surface area contributed by atoms with Gasteiger partial charge in [0, 0.05) is 17.2 Å². The van der Waals surface area contributed by atoms with E-state index in [1.165, 1.54) is 5.56 Å². The van der Waals surface area contributed by atoms with Crippen LogP contribution in [-0.2, 0) is 11.3 Å². The molecule has 2 aromatic rings. The first-order chi connectivity index (χ1) is 12.5. The Balaban J connectivity index is 1.99. The number of ether oxygens (including phenoxy) is 1. The van der Waals surface area contributed by atoms with Gasteiger partial charge in [-0.15, -0.1) is 5.73 Å². The Morgan fingerprint density at radius 3 is 2.19 bits per heavy atom. The van der Waals surface area contributed by atoms with Crippen molar-refractivity contribution in [3.05, 3.63) is 94.7 Å². The van der Waals surface area contributed by atoms with Gasteiger partial charge in [-0.25, -0.2) is 4.99 Å². The molecule has 0 fully saturated rings. The lowest BCUT2D eigenvalue weighted by Crippen LogP contribution is -2.24. The highest BCUT2D eigenvalue weighted by Gasteiger charge is 2.35. The maximum atomic E-state index is 6.15. The van der Waals surface area contributed by atoms with E-state index in [0.29, 0.717) is 12.4 Å². The molecular formula is C24H25NO. The minimum atomic E-state index is -0.441. The summed E-state index contributed by atoms with van der Waals surface area (Å²) >= 11 is 0. The quantitative estimate of drug-likeness (QED) is 0.627. The zero-order valence-electron chi connectivity index (χ0n) is 15.9. The van der Waals surface area contributed by atoms with E-state index in [1.54, 1.807) is 0 Å². The zero-order valence-corrected chi connectivity index (χ0v) is 15.9. The number of hydrogen-bond donors (Lipinski definition) is 0. The van der Waals surface area contributed by atoms with Crippen LogP contribution in [0.2, 0.25) is 0 Å². The molecule has 2 aromatic carbocycles. The molecule has 132 valence electrons. The summed E-state index contributed by atoms with van der Waals surface area (Å²) < 4.78 is 6.15. The van der Waals surface area contributed by atoms with Gasteiger partial charge in [0.05, 0.1) is 6.54 Å². The molecule has 0 atom stereocenters. The summed E-state index contributed by atoms with van der Waals surface area (Å²) in [6.07, 6.45) is 2.06. The van der Waals surface area contributed by atoms with Gasteiger partial charge in [0.15, 0.2) is 0 Å². The topological polar surface area (TPSA) is 21.6 Å². The van der Waals surface area contributed by atoms with Crippen molar-refractivity contribution in [2.75, 3.05) is 0 Å². The fourth-order valence-electron chi connectivity index (χ4n) is 3.00. The molecule has 3 rings (SSSR count). The molecule has 0 saturated heterocycles. The van der Waals surface area contributed by atoms with Gasteiger partial charge < -0.3 is 4.74 Å². The van der Waals surface area contributed by atoms with Gasteiger partial charge in [-0.3, -0.25) is 0 Å². The average Bonchev–Trinajstić information content (AvgIpc) is 2.94. The van der Waals surface area contributed by atoms with Crippen LogP contribution in [0.25, 0.3) is 5.57 Å². The predicted octanol–water partition coefficient (Wildman–Crippen LogP) is 5.97. The number of benzene rings is 2. The van der Waals surface area contributed by atoms with Gasteiger partial charge in [0.1, 0.15) is 5.60 Å². The molecule has 0 unspecified atom stereocenters. The number of nitrogens with zero attached hydrogens (tertiary/aromatic N) is 1. The summed E-state index contributed by atoms with van der Waals surface area (Å²) in [6.45, 7) is 8.91. The first-order valence-corrected chi connectivity index (χ1v) is 8.95. The Morgan fingerprint density at radius 1 is 0.962 bits per heavy atom. The first-order valence-electron chi connectivity index (χ1n) is 8.95.